The molecule has 0 aliphatic heterocycles. The molecule has 0 aliphatic carbocycles. The third-order valence-electron chi connectivity index (χ3n) is 4.23. The van der Waals surface area contributed by atoms with E-state index in [0.29, 0.717) is 30.1 Å². The average molecular weight is 393 g/mol. The highest BCUT2D eigenvalue weighted by molar-refractivity contribution is 5.95. The van der Waals surface area contributed by atoms with Crippen molar-refractivity contribution in [3.05, 3.63) is 83.8 Å². The maximum Gasteiger partial charge on any atom is 0.251 e. The number of amides is 2. The first-order valence-corrected chi connectivity index (χ1v) is 9.18. The minimum absolute atomic E-state index is 0.105. The Labute approximate surface area is 169 Å². The summed E-state index contributed by atoms with van der Waals surface area (Å²) in [7, 11) is 1.61. The summed E-state index contributed by atoms with van der Waals surface area (Å²) in [6.07, 6.45) is 1.56. The van der Waals surface area contributed by atoms with Gasteiger partial charge in [0.2, 0.25) is 5.91 Å². The molecule has 0 spiro atoms. The first-order valence-electron chi connectivity index (χ1n) is 9.18. The maximum absolute atomic E-state index is 12.3. The summed E-state index contributed by atoms with van der Waals surface area (Å²) in [6.45, 7) is 0.852. The lowest BCUT2D eigenvalue weighted by molar-refractivity contribution is -0.119. The van der Waals surface area contributed by atoms with Crippen LogP contribution in [0.3, 0.4) is 0 Å². The van der Waals surface area contributed by atoms with Gasteiger partial charge in [0.1, 0.15) is 11.5 Å². The standard InChI is InChI=1S/C22H23N3O4/c1-28-19-9-7-16(8-10-19)13-24-21(26)15-23-18-5-2-4-17(12-18)22(27)25-14-20-6-3-11-29-20/h2-12,23H,13-15H2,1H3,(H,24,26)(H,25,27). The number of carbonyl (C=O) groups is 2. The number of carbonyl (C=O) groups excluding carboxylic acids is 2. The van der Waals surface area contributed by atoms with Crippen molar-refractivity contribution in [1.82, 2.24) is 10.6 Å². The summed E-state index contributed by atoms with van der Waals surface area (Å²) in [6, 6.07) is 18.0. The van der Waals surface area contributed by atoms with Crippen LogP contribution in [-0.2, 0) is 17.9 Å². The molecule has 0 saturated carbocycles. The van der Waals surface area contributed by atoms with Crippen LogP contribution in [0.2, 0.25) is 0 Å². The van der Waals surface area contributed by atoms with E-state index in [1.807, 2.05) is 24.3 Å². The number of hydrogen-bond acceptors (Lipinski definition) is 5. The van der Waals surface area contributed by atoms with E-state index in [-0.39, 0.29) is 18.4 Å². The predicted molar refractivity (Wildman–Crippen MR) is 110 cm³/mol. The minimum atomic E-state index is -0.214. The predicted octanol–water partition coefficient (Wildman–Crippen LogP) is 2.95. The number of anilines is 1. The monoisotopic (exact) mass is 393 g/mol. The van der Waals surface area contributed by atoms with E-state index in [4.69, 9.17) is 9.15 Å². The number of methoxy groups -OCH3 is 1. The largest absolute Gasteiger partial charge is 0.497 e. The molecule has 0 saturated heterocycles. The van der Waals surface area contributed by atoms with Crippen molar-refractivity contribution in [1.29, 1.82) is 0 Å². The van der Waals surface area contributed by atoms with E-state index >= 15 is 0 Å². The van der Waals surface area contributed by atoms with E-state index in [1.165, 1.54) is 0 Å². The van der Waals surface area contributed by atoms with Crippen molar-refractivity contribution in [3.63, 3.8) is 0 Å². The van der Waals surface area contributed by atoms with E-state index in [9.17, 15) is 9.59 Å². The summed E-state index contributed by atoms with van der Waals surface area (Å²) in [5.74, 6) is 1.10. The molecule has 0 atom stereocenters. The fraction of sp³-hybridized carbons (Fsp3) is 0.182. The van der Waals surface area contributed by atoms with Crippen molar-refractivity contribution in [2.75, 3.05) is 19.0 Å². The van der Waals surface area contributed by atoms with Crippen LogP contribution in [0.1, 0.15) is 21.7 Å². The van der Waals surface area contributed by atoms with Gasteiger partial charge < -0.3 is 25.1 Å². The van der Waals surface area contributed by atoms with Crippen LogP contribution in [0.4, 0.5) is 5.69 Å². The van der Waals surface area contributed by atoms with Gasteiger partial charge >= 0.3 is 0 Å². The Morgan fingerprint density at radius 1 is 0.966 bits per heavy atom. The number of rotatable bonds is 9. The molecule has 1 aromatic heterocycles. The quantitative estimate of drug-likeness (QED) is 0.520. The van der Waals surface area contributed by atoms with Crippen molar-refractivity contribution in [2.24, 2.45) is 0 Å². The highest BCUT2D eigenvalue weighted by atomic mass is 16.5. The summed E-state index contributed by atoms with van der Waals surface area (Å²) >= 11 is 0. The molecule has 29 heavy (non-hydrogen) atoms. The number of ether oxygens (including phenoxy) is 1. The van der Waals surface area contributed by atoms with Gasteiger partial charge in [-0.2, -0.15) is 0 Å². The molecule has 0 bridgehead atoms. The second-order valence-electron chi connectivity index (χ2n) is 6.32. The molecule has 150 valence electrons. The Hall–Kier alpha value is -3.74. The summed E-state index contributed by atoms with van der Waals surface area (Å²) in [5.41, 5.74) is 2.17. The van der Waals surface area contributed by atoms with Gasteiger partial charge in [0, 0.05) is 17.8 Å². The van der Waals surface area contributed by atoms with E-state index in [0.717, 1.165) is 11.3 Å². The smallest absolute Gasteiger partial charge is 0.251 e. The molecule has 3 rings (SSSR count). The first kappa shape index (κ1) is 20.0. The molecule has 7 nitrogen and oxygen atoms in total. The molecule has 7 heteroatoms. The van der Waals surface area contributed by atoms with Crippen LogP contribution in [0.15, 0.2) is 71.3 Å². The molecule has 0 aliphatic rings. The van der Waals surface area contributed by atoms with Gasteiger partial charge in [0.25, 0.3) is 5.91 Å². The lowest BCUT2D eigenvalue weighted by Gasteiger charge is -2.10. The molecule has 1 heterocycles. The van der Waals surface area contributed by atoms with Gasteiger partial charge in [-0.05, 0) is 48.0 Å². The maximum atomic E-state index is 12.3. The molecule has 0 fully saturated rings. The number of benzene rings is 2. The van der Waals surface area contributed by atoms with E-state index in [1.54, 1.807) is 49.8 Å². The molecule has 3 aromatic rings. The van der Waals surface area contributed by atoms with Crippen LogP contribution in [-0.4, -0.2) is 25.5 Å². The molecular formula is C22H23N3O4. The molecule has 2 aromatic carbocycles. The molecule has 2 amide bonds. The van der Waals surface area contributed by atoms with Gasteiger partial charge in [0.15, 0.2) is 0 Å². The van der Waals surface area contributed by atoms with Gasteiger partial charge in [-0.3, -0.25) is 9.59 Å². The second-order valence-corrected chi connectivity index (χ2v) is 6.32. The SMILES string of the molecule is COc1ccc(CNC(=O)CNc2cccc(C(=O)NCc3ccco3)c2)cc1. The lowest BCUT2D eigenvalue weighted by atomic mass is 10.2. The van der Waals surface area contributed by atoms with Crippen LogP contribution in [0.25, 0.3) is 0 Å². The molecule has 0 radical (unpaired) electrons. The number of nitrogens with one attached hydrogen (secondary N) is 3. The highest BCUT2D eigenvalue weighted by Gasteiger charge is 2.08. The molecule has 0 unspecified atom stereocenters. The second kappa shape index (κ2) is 9.98. The third kappa shape index (κ3) is 6.14. The van der Waals surface area contributed by atoms with Gasteiger partial charge in [-0.15, -0.1) is 0 Å². The van der Waals surface area contributed by atoms with E-state index in [2.05, 4.69) is 16.0 Å². The van der Waals surface area contributed by atoms with Crippen LogP contribution in [0, 0.1) is 0 Å². The summed E-state index contributed by atoms with van der Waals surface area (Å²) < 4.78 is 10.3. The Morgan fingerprint density at radius 3 is 2.52 bits per heavy atom. The Bertz CT molecular complexity index is 937. The lowest BCUT2D eigenvalue weighted by Crippen LogP contribution is -2.29. The molecule has 3 N–H and O–H groups in total. The first-order chi connectivity index (χ1) is 14.1. The van der Waals surface area contributed by atoms with Crippen molar-refractivity contribution in [3.8, 4) is 5.75 Å². The third-order valence-corrected chi connectivity index (χ3v) is 4.23. The van der Waals surface area contributed by atoms with Crippen molar-refractivity contribution < 1.29 is 18.7 Å². The fourth-order valence-corrected chi connectivity index (χ4v) is 2.64. The fourth-order valence-electron chi connectivity index (χ4n) is 2.64. The average Bonchev–Trinajstić information content (AvgIpc) is 3.29. The normalized spacial score (nSPS) is 10.2. The number of hydrogen-bond donors (Lipinski definition) is 3. The van der Waals surface area contributed by atoms with Crippen molar-refractivity contribution >= 4 is 17.5 Å². The van der Waals surface area contributed by atoms with E-state index < -0.39 is 0 Å². The Balaban J connectivity index is 1.45. The topological polar surface area (TPSA) is 92.6 Å². The minimum Gasteiger partial charge on any atom is -0.497 e. The van der Waals surface area contributed by atoms with Crippen LogP contribution >= 0.6 is 0 Å². The Morgan fingerprint density at radius 2 is 1.79 bits per heavy atom. The zero-order chi connectivity index (χ0) is 20.5. The van der Waals surface area contributed by atoms with Gasteiger partial charge in [0.05, 0.1) is 26.5 Å². The zero-order valence-electron chi connectivity index (χ0n) is 16.1. The number of furan rings is 1. The van der Waals surface area contributed by atoms with Crippen LogP contribution < -0.4 is 20.7 Å². The highest BCUT2D eigenvalue weighted by Crippen LogP contribution is 2.12. The van der Waals surface area contributed by atoms with Crippen molar-refractivity contribution in [2.45, 2.75) is 13.1 Å². The van der Waals surface area contributed by atoms with Gasteiger partial charge in [-0.1, -0.05) is 18.2 Å². The van der Waals surface area contributed by atoms with Gasteiger partial charge in [-0.25, -0.2) is 0 Å². The van der Waals surface area contributed by atoms with Crippen LogP contribution in [0.5, 0.6) is 5.75 Å². The Kier molecular flexibility index (Phi) is 6.89. The zero-order valence-corrected chi connectivity index (χ0v) is 16.1. The summed E-state index contributed by atoms with van der Waals surface area (Å²) in [4.78, 5) is 24.3. The summed E-state index contributed by atoms with van der Waals surface area (Å²) in [5, 5.41) is 8.67. The molecular weight excluding hydrogens is 370 g/mol.